The van der Waals surface area contributed by atoms with Crippen LogP contribution in [0.2, 0.25) is 0 Å². The van der Waals surface area contributed by atoms with Gasteiger partial charge in [0.05, 0.1) is 10.9 Å². The second kappa shape index (κ2) is 5.69. The Balaban J connectivity index is 2.08. The first kappa shape index (κ1) is 14.0. The van der Waals surface area contributed by atoms with Crippen LogP contribution >= 0.6 is 11.3 Å². The molecule has 1 N–H and O–H groups in total. The summed E-state index contributed by atoms with van der Waals surface area (Å²) in [5, 5.41) is 11.7. The number of carboxylic acid groups (broad SMARTS) is 1. The van der Waals surface area contributed by atoms with Gasteiger partial charge >= 0.3 is 5.97 Å². The molecule has 1 amide bonds. The summed E-state index contributed by atoms with van der Waals surface area (Å²) in [5.74, 6) is -1.10. The molecule has 1 atom stereocenters. The van der Waals surface area contributed by atoms with Gasteiger partial charge in [-0.3, -0.25) is 9.59 Å². The lowest BCUT2D eigenvalue weighted by atomic mass is 9.98. The van der Waals surface area contributed by atoms with E-state index in [4.69, 9.17) is 5.11 Å². The summed E-state index contributed by atoms with van der Waals surface area (Å²) in [7, 11) is 0. The van der Waals surface area contributed by atoms with E-state index >= 15 is 0 Å². The lowest BCUT2D eigenvalue weighted by molar-refractivity contribution is -0.143. The number of thiazole rings is 1. The zero-order chi connectivity index (χ0) is 14.0. The average Bonchev–Trinajstić information content (AvgIpc) is 2.87. The van der Waals surface area contributed by atoms with Crippen molar-refractivity contribution in [3.63, 3.8) is 0 Å². The van der Waals surface area contributed by atoms with E-state index in [-0.39, 0.29) is 5.91 Å². The molecular weight excluding hydrogens is 264 g/mol. The van der Waals surface area contributed by atoms with Crippen LogP contribution in [0.1, 0.15) is 48.1 Å². The number of rotatable bonds is 3. The number of carbonyl (C=O) groups excluding carboxylic acids is 1. The maximum Gasteiger partial charge on any atom is 0.308 e. The number of amides is 1. The van der Waals surface area contributed by atoms with Crippen LogP contribution in [0, 0.1) is 5.92 Å². The predicted octanol–water partition coefficient (Wildman–Crippen LogP) is 2.20. The molecule has 0 saturated carbocycles. The van der Waals surface area contributed by atoms with Crippen LogP contribution in [0.3, 0.4) is 0 Å². The lowest BCUT2D eigenvalue weighted by Crippen LogP contribution is -2.42. The Hall–Kier alpha value is -1.43. The zero-order valence-electron chi connectivity index (χ0n) is 11.1. The number of piperidine rings is 1. The quantitative estimate of drug-likeness (QED) is 0.922. The molecule has 0 aromatic carbocycles. The van der Waals surface area contributed by atoms with E-state index in [9.17, 15) is 9.59 Å². The largest absolute Gasteiger partial charge is 0.481 e. The van der Waals surface area contributed by atoms with Gasteiger partial charge in [0, 0.05) is 24.4 Å². The van der Waals surface area contributed by atoms with Crippen molar-refractivity contribution in [2.75, 3.05) is 13.1 Å². The number of likely N-dealkylation sites (tertiary alicyclic amines) is 1. The van der Waals surface area contributed by atoms with E-state index < -0.39 is 11.9 Å². The van der Waals surface area contributed by atoms with E-state index in [0.29, 0.717) is 31.1 Å². The third-order valence-electron chi connectivity index (χ3n) is 3.29. The van der Waals surface area contributed by atoms with E-state index in [1.807, 2.05) is 13.8 Å². The van der Waals surface area contributed by atoms with Gasteiger partial charge in [0.2, 0.25) is 0 Å². The Morgan fingerprint density at radius 1 is 1.53 bits per heavy atom. The molecule has 5 nitrogen and oxygen atoms in total. The van der Waals surface area contributed by atoms with Crippen molar-refractivity contribution in [1.29, 1.82) is 0 Å². The Kier molecular flexibility index (Phi) is 4.19. The molecule has 1 aliphatic heterocycles. The fourth-order valence-corrected chi connectivity index (χ4v) is 2.99. The summed E-state index contributed by atoms with van der Waals surface area (Å²) in [5.41, 5.74) is 0.444. The van der Waals surface area contributed by atoms with Gasteiger partial charge in [-0.2, -0.15) is 0 Å². The molecule has 2 rings (SSSR count). The van der Waals surface area contributed by atoms with Crippen molar-refractivity contribution < 1.29 is 14.7 Å². The minimum Gasteiger partial charge on any atom is -0.481 e. The number of aliphatic carboxylic acids is 1. The molecule has 104 valence electrons. The van der Waals surface area contributed by atoms with Crippen molar-refractivity contribution in [2.24, 2.45) is 5.92 Å². The number of nitrogens with zero attached hydrogens (tertiary/aromatic N) is 2. The maximum absolute atomic E-state index is 12.3. The van der Waals surface area contributed by atoms with Crippen LogP contribution < -0.4 is 0 Å². The van der Waals surface area contributed by atoms with Crippen molar-refractivity contribution in [3.05, 3.63) is 16.1 Å². The topological polar surface area (TPSA) is 70.5 Å². The van der Waals surface area contributed by atoms with E-state index in [2.05, 4.69) is 4.98 Å². The third-order valence-corrected chi connectivity index (χ3v) is 4.44. The van der Waals surface area contributed by atoms with Crippen LogP contribution in [0.5, 0.6) is 0 Å². The molecule has 1 unspecified atom stereocenters. The second-order valence-electron chi connectivity index (χ2n) is 5.15. The van der Waals surface area contributed by atoms with Gasteiger partial charge in [0.25, 0.3) is 5.91 Å². The van der Waals surface area contributed by atoms with Gasteiger partial charge in [0.15, 0.2) is 0 Å². The molecule has 1 saturated heterocycles. The number of aromatic nitrogens is 1. The van der Waals surface area contributed by atoms with Crippen molar-refractivity contribution >= 4 is 23.2 Å². The summed E-state index contributed by atoms with van der Waals surface area (Å²) in [6.07, 6.45) is 1.39. The molecule has 6 heteroatoms. The average molecular weight is 282 g/mol. The number of carboxylic acids is 1. The number of hydrogen-bond donors (Lipinski definition) is 1. The highest BCUT2D eigenvalue weighted by Crippen LogP contribution is 2.22. The smallest absolute Gasteiger partial charge is 0.308 e. The minimum absolute atomic E-state index is 0.144. The molecule has 2 heterocycles. The Morgan fingerprint density at radius 3 is 2.84 bits per heavy atom. The normalized spacial score (nSPS) is 19.7. The minimum atomic E-state index is -0.821. The Morgan fingerprint density at radius 2 is 2.26 bits per heavy atom. The van der Waals surface area contributed by atoms with Gasteiger partial charge in [-0.1, -0.05) is 13.8 Å². The first-order chi connectivity index (χ1) is 8.99. The van der Waals surface area contributed by atoms with E-state index in [1.54, 1.807) is 10.3 Å². The molecule has 0 bridgehead atoms. The number of carbonyl (C=O) groups is 2. The maximum atomic E-state index is 12.3. The summed E-state index contributed by atoms with van der Waals surface area (Å²) in [6.45, 7) is 4.99. The first-order valence-corrected chi connectivity index (χ1v) is 7.34. The fourth-order valence-electron chi connectivity index (χ4n) is 2.18. The summed E-state index contributed by atoms with van der Waals surface area (Å²) >= 11 is 1.48. The highest BCUT2D eigenvalue weighted by molar-refractivity contribution is 7.09. The van der Waals surface area contributed by atoms with Crippen LogP contribution in [-0.2, 0) is 4.79 Å². The van der Waals surface area contributed by atoms with E-state index in [0.717, 1.165) is 11.4 Å². The predicted molar refractivity (Wildman–Crippen MR) is 72.5 cm³/mol. The van der Waals surface area contributed by atoms with Gasteiger partial charge < -0.3 is 10.0 Å². The SMILES string of the molecule is CC(C)c1nc(C(=O)N2CCCC(C(=O)O)C2)cs1. The molecule has 0 spiro atoms. The molecule has 1 aliphatic rings. The lowest BCUT2D eigenvalue weighted by Gasteiger charge is -2.30. The molecule has 0 radical (unpaired) electrons. The van der Waals surface area contributed by atoms with Gasteiger partial charge in [-0.05, 0) is 12.8 Å². The second-order valence-corrected chi connectivity index (χ2v) is 6.04. The molecular formula is C13H18N2O3S. The molecule has 1 fully saturated rings. The molecule has 1 aromatic heterocycles. The van der Waals surface area contributed by atoms with Crippen LogP contribution in [-0.4, -0.2) is 40.0 Å². The number of hydrogen-bond acceptors (Lipinski definition) is 4. The Bertz CT molecular complexity index is 484. The summed E-state index contributed by atoms with van der Waals surface area (Å²) < 4.78 is 0. The van der Waals surface area contributed by atoms with Crippen molar-refractivity contribution in [3.8, 4) is 0 Å². The highest BCUT2D eigenvalue weighted by atomic mass is 32.1. The molecule has 19 heavy (non-hydrogen) atoms. The van der Waals surface area contributed by atoms with Crippen LogP contribution in [0.4, 0.5) is 0 Å². The summed E-state index contributed by atoms with van der Waals surface area (Å²) in [4.78, 5) is 29.2. The fraction of sp³-hybridized carbons (Fsp3) is 0.615. The highest BCUT2D eigenvalue weighted by Gasteiger charge is 2.29. The first-order valence-electron chi connectivity index (χ1n) is 6.46. The summed E-state index contributed by atoms with van der Waals surface area (Å²) in [6, 6.07) is 0. The van der Waals surface area contributed by atoms with Gasteiger partial charge in [-0.25, -0.2) is 4.98 Å². The monoisotopic (exact) mass is 282 g/mol. The van der Waals surface area contributed by atoms with Gasteiger partial charge in [0.1, 0.15) is 5.69 Å². The van der Waals surface area contributed by atoms with Crippen LogP contribution in [0.25, 0.3) is 0 Å². The van der Waals surface area contributed by atoms with Gasteiger partial charge in [-0.15, -0.1) is 11.3 Å². The van der Waals surface area contributed by atoms with Crippen molar-refractivity contribution in [1.82, 2.24) is 9.88 Å². The standard InChI is InChI=1S/C13H18N2O3S/c1-8(2)11-14-10(7-19-11)12(16)15-5-3-4-9(6-15)13(17)18/h7-9H,3-6H2,1-2H3,(H,17,18). The third kappa shape index (κ3) is 3.12. The zero-order valence-corrected chi connectivity index (χ0v) is 11.9. The van der Waals surface area contributed by atoms with Crippen molar-refractivity contribution in [2.45, 2.75) is 32.6 Å². The Labute approximate surface area is 116 Å². The van der Waals surface area contributed by atoms with E-state index in [1.165, 1.54) is 11.3 Å². The molecule has 1 aromatic rings. The van der Waals surface area contributed by atoms with Crippen LogP contribution in [0.15, 0.2) is 5.38 Å². The molecule has 0 aliphatic carbocycles.